The van der Waals surface area contributed by atoms with Crippen molar-refractivity contribution in [2.24, 2.45) is 0 Å². The van der Waals surface area contributed by atoms with E-state index in [0.717, 1.165) is 5.92 Å². The molecule has 2 atom stereocenters. The third-order valence-electron chi connectivity index (χ3n) is 2.51. The average molecular weight is 181 g/mol. The fourth-order valence-electron chi connectivity index (χ4n) is 1.83. The van der Waals surface area contributed by atoms with Gasteiger partial charge in [-0.15, -0.1) is 11.3 Å². The summed E-state index contributed by atoms with van der Waals surface area (Å²) in [5.41, 5.74) is 0. The molecule has 1 fully saturated rings. The largest absolute Gasteiger partial charge is 0.314 e. The minimum absolute atomic E-state index is 0.706. The molecule has 1 aliphatic rings. The van der Waals surface area contributed by atoms with Gasteiger partial charge in [0.1, 0.15) is 0 Å². The number of hydrogen-bond donors (Lipinski definition) is 1. The number of aryl methyl sites for hydroxylation is 1. The van der Waals surface area contributed by atoms with Gasteiger partial charge < -0.3 is 5.32 Å². The maximum Gasteiger partial charge on any atom is 0.00922 e. The van der Waals surface area contributed by atoms with Crippen LogP contribution in [0.1, 0.15) is 29.0 Å². The molecule has 1 saturated heterocycles. The van der Waals surface area contributed by atoms with E-state index < -0.39 is 0 Å². The molecule has 1 aromatic heterocycles. The van der Waals surface area contributed by atoms with Crippen molar-refractivity contribution in [3.63, 3.8) is 0 Å². The van der Waals surface area contributed by atoms with Crippen molar-refractivity contribution in [3.8, 4) is 0 Å². The summed E-state index contributed by atoms with van der Waals surface area (Å²) in [6.45, 7) is 5.61. The predicted molar refractivity (Wildman–Crippen MR) is 53.9 cm³/mol. The van der Waals surface area contributed by atoms with E-state index in [1.807, 2.05) is 11.3 Å². The summed E-state index contributed by atoms with van der Waals surface area (Å²) in [4.78, 5) is 2.99. The van der Waals surface area contributed by atoms with E-state index in [4.69, 9.17) is 0 Å². The van der Waals surface area contributed by atoms with E-state index in [2.05, 4.69) is 31.3 Å². The number of rotatable bonds is 1. The van der Waals surface area contributed by atoms with E-state index in [0.29, 0.717) is 6.04 Å². The normalized spacial score (nSPS) is 29.5. The van der Waals surface area contributed by atoms with Gasteiger partial charge in [0.15, 0.2) is 0 Å². The van der Waals surface area contributed by atoms with Gasteiger partial charge in [-0.2, -0.15) is 0 Å². The maximum absolute atomic E-state index is 3.48. The van der Waals surface area contributed by atoms with Gasteiger partial charge in [-0.05, 0) is 32.4 Å². The minimum atomic E-state index is 0.706. The van der Waals surface area contributed by atoms with Crippen molar-refractivity contribution in [2.75, 3.05) is 6.54 Å². The minimum Gasteiger partial charge on any atom is -0.314 e. The first kappa shape index (κ1) is 8.27. The molecule has 0 bridgehead atoms. The molecular formula is C10H15NS. The topological polar surface area (TPSA) is 12.0 Å². The molecule has 0 aliphatic carbocycles. The van der Waals surface area contributed by atoms with Crippen LogP contribution in [0.4, 0.5) is 0 Å². The lowest BCUT2D eigenvalue weighted by molar-refractivity contribution is 0.659. The van der Waals surface area contributed by atoms with Crippen LogP contribution >= 0.6 is 11.3 Å². The first-order valence-corrected chi connectivity index (χ1v) is 5.37. The zero-order valence-electron chi connectivity index (χ0n) is 7.63. The molecule has 1 aliphatic heterocycles. The van der Waals surface area contributed by atoms with Crippen LogP contribution in [0.25, 0.3) is 0 Å². The molecule has 2 heterocycles. The first-order valence-electron chi connectivity index (χ1n) is 4.55. The Morgan fingerprint density at radius 1 is 1.50 bits per heavy atom. The van der Waals surface area contributed by atoms with Crippen LogP contribution in [-0.2, 0) is 0 Å². The lowest BCUT2D eigenvalue weighted by Crippen LogP contribution is -2.16. The summed E-state index contributed by atoms with van der Waals surface area (Å²) >= 11 is 1.95. The van der Waals surface area contributed by atoms with Crippen LogP contribution in [0.15, 0.2) is 12.1 Å². The van der Waals surface area contributed by atoms with Crippen molar-refractivity contribution in [1.29, 1.82) is 0 Å². The second kappa shape index (κ2) is 3.19. The van der Waals surface area contributed by atoms with E-state index in [1.165, 1.54) is 17.8 Å². The standard InChI is InChI=1S/C10H15NS/c1-7-5-9(6-11-7)10-4-3-8(2)12-10/h3-4,7,9,11H,5-6H2,1-2H3. The molecule has 66 valence electrons. The lowest BCUT2D eigenvalue weighted by Gasteiger charge is -2.03. The van der Waals surface area contributed by atoms with Crippen LogP contribution < -0.4 is 5.32 Å². The van der Waals surface area contributed by atoms with Gasteiger partial charge in [-0.3, -0.25) is 0 Å². The van der Waals surface area contributed by atoms with Gasteiger partial charge in [-0.1, -0.05) is 0 Å². The lowest BCUT2D eigenvalue weighted by atomic mass is 10.1. The van der Waals surface area contributed by atoms with Gasteiger partial charge in [0.05, 0.1) is 0 Å². The molecule has 0 aromatic carbocycles. The molecule has 0 radical (unpaired) electrons. The quantitative estimate of drug-likeness (QED) is 0.702. The average Bonchev–Trinajstić information content (AvgIpc) is 2.58. The SMILES string of the molecule is Cc1ccc(C2CNC(C)C2)s1. The monoisotopic (exact) mass is 181 g/mol. The molecule has 0 spiro atoms. The summed E-state index contributed by atoms with van der Waals surface area (Å²) in [6.07, 6.45) is 1.31. The summed E-state index contributed by atoms with van der Waals surface area (Å²) in [7, 11) is 0. The van der Waals surface area contributed by atoms with E-state index in [1.54, 1.807) is 4.88 Å². The van der Waals surface area contributed by atoms with Crippen LogP contribution in [0.2, 0.25) is 0 Å². The van der Waals surface area contributed by atoms with Gasteiger partial charge >= 0.3 is 0 Å². The van der Waals surface area contributed by atoms with Crippen LogP contribution in [0.3, 0.4) is 0 Å². The molecule has 1 N–H and O–H groups in total. The molecule has 0 amide bonds. The molecule has 2 rings (SSSR count). The molecular weight excluding hydrogens is 166 g/mol. The van der Waals surface area contributed by atoms with Gasteiger partial charge in [0.2, 0.25) is 0 Å². The van der Waals surface area contributed by atoms with Crippen molar-refractivity contribution >= 4 is 11.3 Å². The van der Waals surface area contributed by atoms with E-state index in [9.17, 15) is 0 Å². The van der Waals surface area contributed by atoms with Gasteiger partial charge in [-0.25, -0.2) is 0 Å². The first-order chi connectivity index (χ1) is 5.75. The summed E-state index contributed by atoms with van der Waals surface area (Å²) in [6, 6.07) is 5.21. The van der Waals surface area contributed by atoms with Crippen molar-refractivity contribution in [2.45, 2.75) is 32.2 Å². The Balaban J connectivity index is 2.11. The fraction of sp³-hybridized carbons (Fsp3) is 0.600. The zero-order chi connectivity index (χ0) is 8.55. The molecule has 0 saturated carbocycles. The number of thiophene rings is 1. The Hall–Kier alpha value is -0.340. The highest BCUT2D eigenvalue weighted by molar-refractivity contribution is 7.12. The Morgan fingerprint density at radius 3 is 2.83 bits per heavy atom. The highest BCUT2D eigenvalue weighted by Crippen LogP contribution is 2.30. The highest BCUT2D eigenvalue weighted by atomic mass is 32.1. The molecule has 1 nitrogen and oxygen atoms in total. The molecule has 1 aromatic rings. The number of nitrogens with one attached hydrogen (secondary N) is 1. The zero-order valence-corrected chi connectivity index (χ0v) is 8.45. The second-order valence-electron chi connectivity index (χ2n) is 3.69. The molecule has 2 heteroatoms. The Morgan fingerprint density at radius 2 is 2.33 bits per heavy atom. The van der Waals surface area contributed by atoms with E-state index in [-0.39, 0.29) is 0 Å². The van der Waals surface area contributed by atoms with Crippen molar-refractivity contribution in [3.05, 3.63) is 21.9 Å². The smallest absolute Gasteiger partial charge is 0.00922 e. The molecule has 12 heavy (non-hydrogen) atoms. The Bertz CT molecular complexity index is 267. The van der Waals surface area contributed by atoms with Crippen LogP contribution in [0, 0.1) is 6.92 Å². The summed E-state index contributed by atoms with van der Waals surface area (Å²) < 4.78 is 0. The summed E-state index contributed by atoms with van der Waals surface area (Å²) in [5, 5.41) is 3.48. The van der Waals surface area contributed by atoms with E-state index >= 15 is 0 Å². The third kappa shape index (κ3) is 1.54. The van der Waals surface area contributed by atoms with Crippen LogP contribution in [-0.4, -0.2) is 12.6 Å². The Labute approximate surface area is 77.8 Å². The highest BCUT2D eigenvalue weighted by Gasteiger charge is 2.22. The third-order valence-corrected chi connectivity index (χ3v) is 3.68. The molecule has 2 unspecified atom stereocenters. The number of hydrogen-bond acceptors (Lipinski definition) is 2. The second-order valence-corrected chi connectivity index (χ2v) is 5.01. The maximum atomic E-state index is 3.48. The fourth-order valence-corrected chi connectivity index (χ4v) is 2.82. The predicted octanol–water partition coefficient (Wildman–Crippen LogP) is 2.52. The van der Waals surface area contributed by atoms with Crippen molar-refractivity contribution < 1.29 is 0 Å². The summed E-state index contributed by atoms with van der Waals surface area (Å²) in [5.74, 6) is 0.777. The van der Waals surface area contributed by atoms with Gasteiger partial charge in [0, 0.05) is 28.3 Å². The van der Waals surface area contributed by atoms with Crippen molar-refractivity contribution in [1.82, 2.24) is 5.32 Å². The Kier molecular flexibility index (Phi) is 2.20. The van der Waals surface area contributed by atoms with Crippen LogP contribution in [0.5, 0.6) is 0 Å². The van der Waals surface area contributed by atoms with Gasteiger partial charge in [0.25, 0.3) is 0 Å².